The zero-order chi connectivity index (χ0) is 16.5. The maximum atomic E-state index is 12.0. The van der Waals surface area contributed by atoms with Crippen LogP contribution in [0, 0.1) is 0 Å². The number of amides is 2. The molecule has 1 rings (SSSR count). The van der Waals surface area contributed by atoms with Crippen LogP contribution < -0.4 is 5.32 Å². The van der Waals surface area contributed by atoms with E-state index in [0.29, 0.717) is 5.69 Å². The van der Waals surface area contributed by atoms with Gasteiger partial charge in [0.25, 0.3) is 0 Å². The third-order valence-electron chi connectivity index (χ3n) is 2.83. The van der Waals surface area contributed by atoms with Crippen LogP contribution in [0.4, 0.5) is 5.69 Å². The molecule has 2 amide bonds. The second-order valence-corrected chi connectivity index (χ2v) is 4.50. The minimum absolute atomic E-state index is 0.113. The van der Waals surface area contributed by atoms with Crippen molar-refractivity contribution in [2.24, 2.45) is 0 Å². The Balaban J connectivity index is 2.81. The van der Waals surface area contributed by atoms with Crippen molar-refractivity contribution in [2.45, 2.75) is 13.8 Å². The summed E-state index contributed by atoms with van der Waals surface area (Å²) in [7, 11) is 0. The van der Waals surface area contributed by atoms with Crippen LogP contribution in [-0.4, -0.2) is 42.4 Å². The molecule has 0 radical (unpaired) electrons. The molecule has 0 saturated heterocycles. The molecular formula is C16H20N2O4. The number of benzene rings is 1. The van der Waals surface area contributed by atoms with E-state index in [2.05, 4.69) is 11.9 Å². The first-order valence-corrected chi connectivity index (χ1v) is 6.92. The molecule has 22 heavy (non-hydrogen) atoms. The smallest absolute Gasteiger partial charge is 0.340 e. The van der Waals surface area contributed by atoms with E-state index in [0.717, 1.165) is 0 Å². The molecule has 0 spiro atoms. The van der Waals surface area contributed by atoms with Gasteiger partial charge in [-0.1, -0.05) is 18.2 Å². The summed E-state index contributed by atoms with van der Waals surface area (Å²) in [4.78, 5) is 36.6. The molecule has 0 saturated carbocycles. The van der Waals surface area contributed by atoms with E-state index in [1.807, 2.05) is 0 Å². The van der Waals surface area contributed by atoms with Crippen LogP contribution in [0.25, 0.3) is 0 Å². The molecule has 0 unspecified atom stereocenters. The average Bonchev–Trinajstić information content (AvgIpc) is 2.47. The van der Waals surface area contributed by atoms with E-state index in [4.69, 9.17) is 4.74 Å². The quantitative estimate of drug-likeness (QED) is 0.616. The van der Waals surface area contributed by atoms with Crippen molar-refractivity contribution in [3.8, 4) is 0 Å². The van der Waals surface area contributed by atoms with Gasteiger partial charge in [0.15, 0.2) is 0 Å². The monoisotopic (exact) mass is 304 g/mol. The first-order valence-electron chi connectivity index (χ1n) is 6.92. The average molecular weight is 304 g/mol. The van der Waals surface area contributed by atoms with E-state index in [1.165, 1.54) is 11.8 Å². The van der Waals surface area contributed by atoms with Gasteiger partial charge in [-0.25, -0.2) is 4.79 Å². The lowest BCUT2D eigenvalue weighted by Gasteiger charge is -2.19. The molecule has 1 aromatic rings. The van der Waals surface area contributed by atoms with Gasteiger partial charge in [0.1, 0.15) is 6.54 Å². The van der Waals surface area contributed by atoms with Gasteiger partial charge in [-0.2, -0.15) is 0 Å². The molecule has 6 heteroatoms. The molecule has 0 aliphatic rings. The molecule has 118 valence electrons. The number of para-hydroxylation sites is 1. The van der Waals surface area contributed by atoms with Gasteiger partial charge >= 0.3 is 5.97 Å². The van der Waals surface area contributed by atoms with Gasteiger partial charge in [0.05, 0.1) is 17.9 Å². The predicted molar refractivity (Wildman–Crippen MR) is 83.5 cm³/mol. The Bertz CT molecular complexity index is 569. The highest BCUT2D eigenvalue weighted by Crippen LogP contribution is 2.16. The number of nitrogens with one attached hydrogen (secondary N) is 1. The molecule has 0 aliphatic heterocycles. The van der Waals surface area contributed by atoms with Crippen molar-refractivity contribution in [3.05, 3.63) is 42.5 Å². The van der Waals surface area contributed by atoms with Crippen LogP contribution in [-0.2, 0) is 14.3 Å². The summed E-state index contributed by atoms with van der Waals surface area (Å²) in [5.41, 5.74) is 0.629. The second kappa shape index (κ2) is 8.61. The number of hydrogen-bond donors (Lipinski definition) is 1. The van der Waals surface area contributed by atoms with E-state index in [-0.39, 0.29) is 31.2 Å². The first-order chi connectivity index (χ1) is 10.5. The van der Waals surface area contributed by atoms with Gasteiger partial charge < -0.3 is 15.0 Å². The van der Waals surface area contributed by atoms with Gasteiger partial charge in [-0.15, -0.1) is 6.58 Å². The van der Waals surface area contributed by atoms with Crippen LogP contribution >= 0.6 is 0 Å². The van der Waals surface area contributed by atoms with Crippen LogP contribution in [0.15, 0.2) is 36.9 Å². The van der Waals surface area contributed by atoms with E-state index < -0.39 is 11.9 Å². The zero-order valence-corrected chi connectivity index (χ0v) is 12.8. The van der Waals surface area contributed by atoms with Crippen LogP contribution in [0.3, 0.4) is 0 Å². The van der Waals surface area contributed by atoms with Crippen molar-refractivity contribution in [3.63, 3.8) is 0 Å². The summed E-state index contributed by atoms with van der Waals surface area (Å²) in [6.07, 6.45) is 1.54. The van der Waals surface area contributed by atoms with Gasteiger partial charge in [0, 0.05) is 13.5 Å². The van der Waals surface area contributed by atoms with Gasteiger partial charge in [-0.05, 0) is 19.1 Å². The normalized spacial score (nSPS) is 9.73. The molecule has 0 aromatic heterocycles. The maximum absolute atomic E-state index is 12.0. The molecule has 0 atom stereocenters. The Morgan fingerprint density at radius 2 is 2.00 bits per heavy atom. The largest absolute Gasteiger partial charge is 0.462 e. The molecule has 6 nitrogen and oxygen atoms in total. The highest BCUT2D eigenvalue weighted by molar-refractivity contribution is 6.02. The molecule has 0 aliphatic carbocycles. The van der Waals surface area contributed by atoms with Crippen molar-refractivity contribution in [1.29, 1.82) is 0 Å². The lowest BCUT2D eigenvalue weighted by atomic mass is 10.2. The lowest BCUT2D eigenvalue weighted by Crippen LogP contribution is -2.36. The fraction of sp³-hybridized carbons (Fsp3) is 0.312. The van der Waals surface area contributed by atoms with E-state index in [1.54, 1.807) is 37.3 Å². The van der Waals surface area contributed by atoms with E-state index in [9.17, 15) is 14.4 Å². The number of hydrogen-bond acceptors (Lipinski definition) is 4. The Labute approximate surface area is 129 Å². The van der Waals surface area contributed by atoms with E-state index >= 15 is 0 Å². The third-order valence-corrected chi connectivity index (χ3v) is 2.83. The van der Waals surface area contributed by atoms with Crippen LogP contribution in [0.1, 0.15) is 24.2 Å². The number of rotatable bonds is 7. The number of carbonyl (C=O) groups is 3. The maximum Gasteiger partial charge on any atom is 0.340 e. The Morgan fingerprint density at radius 1 is 1.32 bits per heavy atom. The summed E-state index contributed by atoms with van der Waals surface area (Å²) < 4.78 is 4.94. The number of carbonyl (C=O) groups excluding carboxylic acids is 3. The van der Waals surface area contributed by atoms with Crippen molar-refractivity contribution >= 4 is 23.5 Å². The van der Waals surface area contributed by atoms with Gasteiger partial charge in [0.2, 0.25) is 11.8 Å². The topological polar surface area (TPSA) is 75.7 Å². The molecule has 0 bridgehead atoms. The molecule has 0 fully saturated rings. The Kier molecular flexibility index (Phi) is 6.82. The molecular weight excluding hydrogens is 284 g/mol. The summed E-state index contributed by atoms with van der Waals surface area (Å²) in [6, 6.07) is 6.56. The molecule has 1 aromatic carbocycles. The van der Waals surface area contributed by atoms with Crippen molar-refractivity contribution in [1.82, 2.24) is 4.90 Å². The van der Waals surface area contributed by atoms with Crippen molar-refractivity contribution in [2.75, 3.05) is 25.0 Å². The number of nitrogens with zero attached hydrogens (tertiary/aromatic N) is 1. The third kappa shape index (κ3) is 5.05. The summed E-state index contributed by atoms with van der Waals surface area (Å²) in [5, 5.41) is 2.63. The highest BCUT2D eigenvalue weighted by atomic mass is 16.5. The summed E-state index contributed by atoms with van der Waals surface area (Å²) >= 11 is 0. The highest BCUT2D eigenvalue weighted by Gasteiger charge is 2.16. The SMILES string of the molecule is C=CCN(CC(=O)Nc1ccccc1C(=O)OCC)C(C)=O. The number of ether oxygens (including phenoxy) is 1. The molecule has 1 N–H and O–H groups in total. The standard InChI is InChI=1S/C16H20N2O4/c1-4-10-18(12(3)19)11-15(20)17-14-9-7-6-8-13(14)16(21)22-5-2/h4,6-9H,1,5,10-11H2,2-3H3,(H,17,20). The second-order valence-electron chi connectivity index (χ2n) is 4.50. The first kappa shape index (κ1) is 17.4. The predicted octanol–water partition coefficient (Wildman–Crippen LogP) is 1.84. The Hall–Kier alpha value is -2.63. The fourth-order valence-corrected chi connectivity index (χ4v) is 1.80. The van der Waals surface area contributed by atoms with Crippen LogP contribution in [0.5, 0.6) is 0 Å². The van der Waals surface area contributed by atoms with Crippen molar-refractivity contribution < 1.29 is 19.1 Å². The minimum atomic E-state index is -0.507. The molecule has 0 heterocycles. The van der Waals surface area contributed by atoms with Gasteiger partial charge in [-0.3, -0.25) is 9.59 Å². The fourth-order valence-electron chi connectivity index (χ4n) is 1.80. The number of anilines is 1. The summed E-state index contributed by atoms with van der Waals surface area (Å²) in [6.45, 7) is 7.05. The lowest BCUT2D eigenvalue weighted by molar-refractivity contribution is -0.132. The summed E-state index contributed by atoms with van der Waals surface area (Å²) in [5.74, 6) is -1.13. The zero-order valence-electron chi connectivity index (χ0n) is 12.8. The Morgan fingerprint density at radius 3 is 2.59 bits per heavy atom. The minimum Gasteiger partial charge on any atom is -0.462 e. The number of esters is 1. The van der Waals surface area contributed by atoms with Crippen LogP contribution in [0.2, 0.25) is 0 Å².